The molecule has 1 nitrogen and oxygen atoms in total. The molecule has 0 unspecified atom stereocenters. The molecule has 0 radical (unpaired) electrons. The van der Waals surface area contributed by atoms with Gasteiger partial charge in [0.05, 0.1) is 18.8 Å². The van der Waals surface area contributed by atoms with E-state index in [2.05, 4.69) is 18.8 Å². The fraction of sp³-hybridized carbons (Fsp3) is 1.00. The molecule has 1 N–H and O–H groups in total. The lowest BCUT2D eigenvalue weighted by atomic mass is 11.8. The number of aliphatic hydroxyl groups excluding tert-OH is 1. The molecular formula is C4H13OS+. The Hall–Kier alpha value is 0.310. The molecule has 0 aromatic heterocycles. The second kappa shape index (κ2) is 9.00. The third-order valence-corrected chi connectivity index (χ3v) is 0. The summed E-state index contributed by atoms with van der Waals surface area (Å²) in [6.45, 7) is 0. The third-order valence-electron chi connectivity index (χ3n) is 0. The SMILES string of the molecule is CO.C[S+](C)C. The largest absolute Gasteiger partial charge is 0.400 e. The Morgan fingerprint density at radius 3 is 1.00 bits per heavy atom. The molecule has 0 atom stereocenters. The van der Waals surface area contributed by atoms with E-state index in [0.717, 1.165) is 7.11 Å². The predicted octanol–water partition coefficient (Wildman–Crippen LogP) is 0.103. The molecule has 0 aliphatic rings. The Labute approximate surface area is 42.7 Å². The van der Waals surface area contributed by atoms with Crippen LogP contribution in [0.25, 0.3) is 0 Å². The monoisotopic (exact) mass is 109 g/mol. The molecule has 0 aromatic carbocycles. The van der Waals surface area contributed by atoms with Gasteiger partial charge in [-0.25, -0.2) is 0 Å². The van der Waals surface area contributed by atoms with E-state index < -0.39 is 0 Å². The highest BCUT2D eigenvalue weighted by Gasteiger charge is 1.77. The highest BCUT2D eigenvalue weighted by atomic mass is 32.2. The van der Waals surface area contributed by atoms with Gasteiger partial charge >= 0.3 is 0 Å². The van der Waals surface area contributed by atoms with Crippen LogP contribution in [0.3, 0.4) is 0 Å². The molecular weight excluding hydrogens is 96.1 g/mol. The van der Waals surface area contributed by atoms with Gasteiger partial charge in [0.2, 0.25) is 0 Å². The molecule has 40 valence electrons. The lowest BCUT2D eigenvalue weighted by Crippen LogP contribution is -1.84. The van der Waals surface area contributed by atoms with Gasteiger partial charge in [-0.05, 0) is 10.9 Å². The first-order valence-electron chi connectivity index (χ1n) is 1.67. The Morgan fingerprint density at radius 2 is 1.00 bits per heavy atom. The Morgan fingerprint density at radius 1 is 1.00 bits per heavy atom. The first-order chi connectivity index (χ1) is 2.73. The maximum atomic E-state index is 7.00. The number of aliphatic hydroxyl groups is 1. The van der Waals surface area contributed by atoms with Gasteiger partial charge in [0.25, 0.3) is 0 Å². The van der Waals surface area contributed by atoms with Crippen LogP contribution in [0.1, 0.15) is 0 Å². The van der Waals surface area contributed by atoms with Crippen molar-refractivity contribution in [2.75, 3.05) is 25.9 Å². The Balaban J connectivity index is 0. The molecule has 0 aliphatic heterocycles. The van der Waals surface area contributed by atoms with Crippen molar-refractivity contribution in [3.05, 3.63) is 0 Å². The number of hydrogen-bond donors (Lipinski definition) is 1. The zero-order valence-corrected chi connectivity index (χ0v) is 5.67. The van der Waals surface area contributed by atoms with Gasteiger partial charge in [0, 0.05) is 7.11 Å². The van der Waals surface area contributed by atoms with E-state index in [1.165, 1.54) is 0 Å². The number of rotatable bonds is 0. The van der Waals surface area contributed by atoms with Gasteiger partial charge in [-0.15, -0.1) is 0 Å². The van der Waals surface area contributed by atoms with Gasteiger partial charge in [0.15, 0.2) is 0 Å². The van der Waals surface area contributed by atoms with Gasteiger partial charge < -0.3 is 5.11 Å². The molecule has 0 saturated carbocycles. The van der Waals surface area contributed by atoms with Gasteiger partial charge in [-0.1, -0.05) is 0 Å². The Kier molecular flexibility index (Phi) is 14.4. The van der Waals surface area contributed by atoms with Crippen molar-refractivity contribution >= 4 is 10.9 Å². The standard InChI is InChI=1S/C3H9S.CH4O/c1-4(2)3;1-2/h1-3H3;2H,1H3/q+1;. The molecule has 0 bridgehead atoms. The average Bonchev–Trinajstić information content (AvgIpc) is 1.41. The van der Waals surface area contributed by atoms with E-state index in [0.29, 0.717) is 10.9 Å². The van der Waals surface area contributed by atoms with E-state index >= 15 is 0 Å². The lowest BCUT2D eigenvalue weighted by Gasteiger charge is -1.69. The summed E-state index contributed by atoms with van der Waals surface area (Å²) >= 11 is 0. The second-order valence-electron chi connectivity index (χ2n) is 1.22. The van der Waals surface area contributed by atoms with Crippen LogP contribution in [-0.2, 0) is 10.9 Å². The van der Waals surface area contributed by atoms with Crippen LogP contribution in [-0.4, -0.2) is 31.0 Å². The maximum absolute atomic E-state index is 7.00. The highest BCUT2D eigenvalue weighted by molar-refractivity contribution is 7.94. The fourth-order valence-electron chi connectivity index (χ4n) is 0. The maximum Gasteiger partial charge on any atom is 0.0969 e. The van der Waals surface area contributed by atoms with E-state index in [9.17, 15) is 0 Å². The zero-order chi connectivity index (χ0) is 5.58. The summed E-state index contributed by atoms with van der Waals surface area (Å²) in [6, 6.07) is 0. The minimum absolute atomic E-state index is 0.639. The molecule has 0 fully saturated rings. The summed E-state index contributed by atoms with van der Waals surface area (Å²) < 4.78 is 0. The molecule has 0 saturated heterocycles. The number of hydrogen-bond acceptors (Lipinski definition) is 1. The van der Waals surface area contributed by atoms with Crippen molar-refractivity contribution in [1.82, 2.24) is 0 Å². The van der Waals surface area contributed by atoms with Gasteiger partial charge in [0.1, 0.15) is 0 Å². The summed E-state index contributed by atoms with van der Waals surface area (Å²) in [4.78, 5) is 0. The smallest absolute Gasteiger partial charge is 0.0969 e. The van der Waals surface area contributed by atoms with Gasteiger partial charge in [-0.3, -0.25) is 0 Å². The van der Waals surface area contributed by atoms with Crippen molar-refractivity contribution in [3.63, 3.8) is 0 Å². The summed E-state index contributed by atoms with van der Waals surface area (Å²) in [7, 11) is 1.64. The van der Waals surface area contributed by atoms with Gasteiger partial charge in [-0.2, -0.15) is 0 Å². The first-order valence-corrected chi connectivity index (χ1v) is 4.12. The molecule has 0 aliphatic carbocycles. The topological polar surface area (TPSA) is 20.2 Å². The molecule has 2 heteroatoms. The minimum Gasteiger partial charge on any atom is -0.400 e. The van der Waals surface area contributed by atoms with Crippen LogP contribution in [0.4, 0.5) is 0 Å². The summed E-state index contributed by atoms with van der Waals surface area (Å²) in [6.07, 6.45) is 6.58. The quantitative estimate of drug-likeness (QED) is 0.437. The first kappa shape index (κ1) is 9.58. The molecule has 0 spiro atoms. The average molecular weight is 109 g/mol. The molecule has 0 heterocycles. The van der Waals surface area contributed by atoms with Crippen LogP contribution >= 0.6 is 0 Å². The fourth-order valence-corrected chi connectivity index (χ4v) is 0. The van der Waals surface area contributed by atoms with Crippen molar-refractivity contribution in [1.29, 1.82) is 0 Å². The second-order valence-corrected chi connectivity index (χ2v) is 3.67. The Bertz CT molecular complexity index is 12.3. The molecule has 0 aromatic rings. The van der Waals surface area contributed by atoms with E-state index in [4.69, 9.17) is 5.11 Å². The highest BCUT2D eigenvalue weighted by Crippen LogP contribution is 1.63. The predicted molar refractivity (Wildman–Crippen MR) is 33.3 cm³/mol. The van der Waals surface area contributed by atoms with E-state index in [-0.39, 0.29) is 0 Å². The van der Waals surface area contributed by atoms with Crippen LogP contribution in [0.5, 0.6) is 0 Å². The van der Waals surface area contributed by atoms with E-state index in [1.54, 1.807) is 0 Å². The zero-order valence-electron chi connectivity index (χ0n) is 4.86. The molecule has 6 heavy (non-hydrogen) atoms. The normalized spacial score (nSPS) is 7.00. The summed E-state index contributed by atoms with van der Waals surface area (Å²) in [5.41, 5.74) is 0. The molecule has 0 amide bonds. The minimum atomic E-state index is 0.639. The van der Waals surface area contributed by atoms with Crippen molar-refractivity contribution in [2.45, 2.75) is 0 Å². The van der Waals surface area contributed by atoms with Crippen LogP contribution < -0.4 is 0 Å². The van der Waals surface area contributed by atoms with Crippen molar-refractivity contribution in [3.8, 4) is 0 Å². The van der Waals surface area contributed by atoms with Crippen molar-refractivity contribution < 1.29 is 5.11 Å². The van der Waals surface area contributed by atoms with E-state index in [1.807, 2.05) is 0 Å². The molecule has 0 rings (SSSR count). The summed E-state index contributed by atoms with van der Waals surface area (Å²) in [5.74, 6) is 0. The van der Waals surface area contributed by atoms with Crippen LogP contribution in [0.15, 0.2) is 0 Å². The van der Waals surface area contributed by atoms with Crippen LogP contribution in [0.2, 0.25) is 0 Å². The third kappa shape index (κ3) is 491. The lowest BCUT2D eigenvalue weighted by molar-refractivity contribution is 0.399. The summed E-state index contributed by atoms with van der Waals surface area (Å²) in [5, 5.41) is 7.00. The van der Waals surface area contributed by atoms with Crippen molar-refractivity contribution in [2.24, 2.45) is 0 Å². The van der Waals surface area contributed by atoms with Crippen LogP contribution in [0, 0.1) is 0 Å².